The largest absolute Gasteiger partial charge is 0.347 e. The second-order valence-corrected chi connectivity index (χ2v) is 4.13. The van der Waals surface area contributed by atoms with Crippen LogP contribution in [0.3, 0.4) is 0 Å². The molecule has 2 atom stereocenters. The van der Waals surface area contributed by atoms with Crippen LogP contribution in [0, 0.1) is 5.92 Å². The third-order valence-corrected chi connectivity index (χ3v) is 3.09. The molecule has 1 aromatic rings. The average Bonchev–Trinajstić information content (AvgIpc) is 2.41. The van der Waals surface area contributed by atoms with Gasteiger partial charge in [0, 0.05) is 13.0 Å². The third kappa shape index (κ3) is 3.38. The maximum atomic E-state index is 11.2. The van der Waals surface area contributed by atoms with Crippen molar-refractivity contribution in [2.45, 2.75) is 32.7 Å². The maximum absolute atomic E-state index is 11.2. The molecule has 0 saturated carbocycles. The lowest BCUT2D eigenvalue weighted by Crippen LogP contribution is -2.43. The van der Waals surface area contributed by atoms with E-state index in [2.05, 4.69) is 0 Å². The molecule has 17 heavy (non-hydrogen) atoms. The van der Waals surface area contributed by atoms with Crippen molar-refractivity contribution in [2.75, 3.05) is 7.11 Å². The van der Waals surface area contributed by atoms with Crippen LogP contribution in [0.2, 0.25) is 0 Å². The molecule has 2 unspecified atom stereocenters. The summed E-state index contributed by atoms with van der Waals surface area (Å²) >= 11 is 0. The number of carbonyl (C=O) groups excluding carboxylic acids is 1. The minimum atomic E-state index is -1.13. The summed E-state index contributed by atoms with van der Waals surface area (Å²) < 4.78 is 10.9. The first-order valence-electron chi connectivity index (χ1n) is 5.88. The predicted octanol–water partition coefficient (Wildman–Crippen LogP) is 2.79. The molecule has 0 amide bonds. The number of carbonyl (C=O) groups is 1. The Kier molecular flexibility index (Phi) is 5.32. The summed E-state index contributed by atoms with van der Waals surface area (Å²) in [5.41, 5.74) is 1.03. The van der Waals surface area contributed by atoms with Crippen LogP contribution >= 0.6 is 0 Å². The zero-order valence-corrected chi connectivity index (χ0v) is 10.7. The summed E-state index contributed by atoms with van der Waals surface area (Å²) in [6, 6.07) is 9.75. The number of hydrogen-bond donors (Lipinski definition) is 0. The Morgan fingerprint density at radius 1 is 1.35 bits per heavy atom. The van der Waals surface area contributed by atoms with E-state index < -0.39 is 5.79 Å². The second kappa shape index (κ2) is 6.52. The summed E-state index contributed by atoms with van der Waals surface area (Å²) in [7, 11) is 1.51. The molecule has 0 fully saturated rings. The molecule has 3 nitrogen and oxygen atoms in total. The van der Waals surface area contributed by atoms with Gasteiger partial charge in [-0.1, -0.05) is 44.2 Å². The van der Waals surface area contributed by atoms with Crippen molar-refractivity contribution >= 4 is 6.29 Å². The predicted molar refractivity (Wildman–Crippen MR) is 66.5 cm³/mol. The molecule has 0 heterocycles. The summed E-state index contributed by atoms with van der Waals surface area (Å²) in [5.74, 6) is -1.11. The Morgan fingerprint density at radius 2 is 2.00 bits per heavy atom. The number of benzene rings is 1. The number of aldehydes is 1. The number of hydrogen-bond acceptors (Lipinski definition) is 3. The van der Waals surface area contributed by atoms with Crippen LogP contribution in [-0.4, -0.2) is 19.2 Å². The van der Waals surface area contributed by atoms with Crippen molar-refractivity contribution in [3.05, 3.63) is 35.9 Å². The molecule has 0 N–H and O–H groups in total. The normalized spacial score (nSPS) is 16.2. The molecule has 3 heteroatoms. The van der Waals surface area contributed by atoms with Gasteiger partial charge in [0.2, 0.25) is 5.79 Å². The molecule has 0 aliphatic heterocycles. The molecule has 1 rings (SSSR count). The van der Waals surface area contributed by atoms with Gasteiger partial charge >= 0.3 is 0 Å². The lowest BCUT2D eigenvalue weighted by Gasteiger charge is -2.32. The number of methoxy groups -OCH3 is 1. The zero-order valence-electron chi connectivity index (χ0n) is 10.7. The van der Waals surface area contributed by atoms with Crippen LogP contribution in [0.5, 0.6) is 0 Å². The third-order valence-electron chi connectivity index (χ3n) is 3.09. The fourth-order valence-corrected chi connectivity index (χ4v) is 1.66. The van der Waals surface area contributed by atoms with Gasteiger partial charge in [-0.3, -0.25) is 4.79 Å². The molecular formula is C14H20O3. The van der Waals surface area contributed by atoms with Gasteiger partial charge in [-0.2, -0.15) is 0 Å². The van der Waals surface area contributed by atoms with Gasteiger partial charge < -0.3 is 9.47 Å². The smallest absolute Gasteiger partial charge is 0.228 e. The van der Waals surface area contributed by atoms with Crippen LogP contribution in [-0.2, 0) is 20.9 Å². The van der Waals surface area contributed by atoms with E-state index >= 15 is 0 Å². The van der Waals surface area contributed by atoms with Gasteiger partial charge in [-0.15, -0.1) is 0 Å². The molecular weight excluding hydrogens is 216 g/mol. The topological polar surface area (TPSA) is 35.5 Å². The van der Waals surface area contributed by atoms with Gasteiger partial charge in [-0.05, 0) is 12.0 Å². The average molecular weight is 236 g/mol. The molecule has 0 aromatic heterocycles. The van der Waals surface area contributed by atoms with E-state index in [1.54, 1.807) is 0 Å². The summed E-state index contributed by atoms with van der Waals surface area (Å²) in [6.45, 7) is 4.33. The van der Waals surface area contributed by atoms with Gasteiger partial charge in [0.15, 0.2) is 6.29 Å². The first-order valence-corrected chi connectivity index (χ1v) is 5.88. The van der Waals surface area contributed by atoms with Crippen LogP contribution in [0.25, 0.3) is 0 Å². The Labute approximate surface area is 103 Å². The molecule has 0 bridgehead atoms. The summed E-state index contributed by atoms with van der Waals surface area (Å²) in [6.07, 6.45) is 1.57. The first kappa shape index (κ1) is 13.9. The fraction of sp³-hybridized carbons (Fsp3) is 0.500. The van der Waals surface area contributed by atoms with Crippen molar-refractivity contribution < 1.29 is 14.3 Å². The Morgan fingerprint density at radius 3 is 2.47 bits per heavy atom. The Bertz CT molecular complexity index is 337. The first-order chi connectivity index (χ1) is 8.18. The van der Waals surface area contributed by atoms with E-state index in [0.29, 0.717) is 6.61 Å². The molecule has 94 valence electrons. The fourth-order valence-electron chi connectivity index (χ4n) is 1.66. The zero-order chi connectivity index (χ0) is 12.7. The highest BCUT2D eigenvalue weighted by Crippen LogP contribution is 2.25. The van der Waals surface area contributed by atoms with Gasteiger partial charge in [0.05, 0.1) is 6.61 Å². The van der Waals surface area contributed by atoms with E-state index in [1.165, 1.54) is 7.11 Å². The van der Waals surface area contributed by atoms with Gasteiger partial charge in [0.1, 0.15) is 0 Å². The van der Waals surface area contributed by atoms with E-state index in [4.69, 9.17) is 9.47 Å². The van der Waals surface area contributed by atoms with Crippen molar-refractivity contribution in [3.63, 3.8) is 0 Å². The van der Waals surface area contributed by atoms with Crippen LogP contribution in [0.1, 0.15) is 25.8 Å². The molecule has 0 aliphatic rings. The lowest BCUT2D eigenvalue weighted by molar-refractivity contribution is -0.235. The van der Waals surface area contributed by atoms with Gasteiger partial charge in [0.25, 0.3) is 0 Å². The minimum Gasteiger partial charge on any atom is -0.347 e. The Balaban J connectivity index is 2.71. The quantitative estimate of drug-likeness (QED) is 0.539. The monoisotopic (exact) mass is 236 g/mol. The molecule has 0 spiro atoms. The van der Waals surface area contributed by atoms with E-state index in [-0.39, 0.29) is 5.92 Å². The Hall–Kier alpha value is -1.19. The molecule has 1 aromatic carbocycles. The second-order valence-electron chi connectivity index (χ2n) is 4.13. The van der Waals surface area contributed by atoms with E-state index in [1.807, 2.05) is 44.2 Å². The van der Waals surface area contributed by atoms with Crippen molar-refractivity contribution in [3.8, 4) is 0 Å². The highest BCUT2D eigenvalue weighted by atomic mass is 16.7. The van der Waals surface area contributed by atoms with Crippen molar-refractivity contribution in [1.29, 1.82) is 0 Å². The van der Waals surface area contributed by atoms with E-state index in [9.17, 15) is 4.79 Å². The van der Waals surface area contributed by atoms with Crippen LogP contribution in [0.15, 0.2) is 30.3 Å². The molecule has 0 radical (unpaired) electrons. The number of ether oxygens (including phenoxy) is 2. The highest BCUT2D eigenvalue weighted by molar-refractivity contribution is 5.60. The maximum Gasteiger partial charge on any atom is 0.228 e. The lowest BCUT2D eigenvalue weighted by atomic mass is 9.99. The van der Waals surface area contributed by atoms with Crippen molar-refractivity contribution in [2.24, 2.45) is 5.92 Å². The number of rotatable bonds is 7. The standard InChI is InChI=1S/C14H20O3/c1-4-12(2)14(11-15,16-3)17-10-13-8-6-5-7-9-13/h5-9,11-12H,4,10H2,1-3H3. The minimum absolute atomic E-state index is 0.0220. The summed E-state index contributed by atoms with van der Waals surface area (Å²) in [5, 5.41) is 0. The summed E-state index contributed by atoms with van der Waals surface area (Å²) in [4.78, 5) is 11.2. The van der Waals surface area contributed by atoms with Crippen molar-refractivity contribution in [1.82, 2.24) is 0 Å². The van der Waals surface area contributed by atoms with E-state index in [0.717, 1.165) is 18.3 Å². The molecule has 0 saturated heterocycles. The van der Waals surface area contributed by atoms with Gasteiger partial charge in [-0.25, -0.2) is 0 Å². The van der Waals surface area contributed by atoms with Crippen LogP contribution in [0.4, 0.5) is 0 Å². The highest BCUT2D eigenvalue weighted by Gasteiger charge is 2.36. The van der Waals surface area contributed by atoms with Crippen LogP contribution < -0.4 is 0 Å². The SMILES string of the molecule is CCC(C)C(C=O)(OC)OCc1ccccc1. The molecule has 0 aliphatic carbocycles.